The molecule has 0 atom stereocenters. The Labute approximate surface area is 163 Å². The third-order valence-corrected chi connectivity index (χ3v) is 5.00. The topological polar surface area (TPSA) is 95.6 Å². The fourth-order valence-corrected chi connectivity index (χ4v) is 3.41. The van der Waals surface area contributed by atoms with Gasteiger partial charge in [-0.2, -0.15) is 5.01 Å². The maximum atomic E-state index is 12.5. The minimum atomic E-state index is -0.637. The van der Waals surface area contributed by atoms with E-state index in [9.17, 15) is 19.2 Å². The zero-order valence-corrected chi connectivity index (χ0v) is 15.2. The van der Waals surface area contributed by atoms with Crippen molar-refractivity contribution in [3.05, 3.63) is 87.6 Å². The van der Waals surface area contributed by atoms with E-state index in [4.69, 9.17) is 0 Å². The van der Waals surface area contributed by atoms with Gasteiger partial charge in [0.1, 0.15) is 0 Å². The zero-order valence-electron chi connectivity index (χ0n) is 14.3. The predicted molar refractivity (Wildman–Crippen MR) is 103 cm³/mol. The SMILES string of the molecule is O=C(NN1C(=O)c2ccccc2C1=O)c1cccc(NC(=O)c2cccs2)c1. The number of rotatable bonds is 4. The maximum absolute atomic E-state index is 12.5. The van der Waals surface area contributed by atoms with Crippen molar-refractivity contribution in [2.75, 3.05) is 5.32 Å². The number of benzene rings is 2. The fraction of sp³-hybridized carbons (Fsp3) is 0. The Morgan fingerprint density at radius 2 is 1.54 bits per heavy atom. The Bertz CT molecular complexity index is 1070. The Balaban J connectivity index is 1.49. The molecule has 0 bridgehead atoms. The molecule has 3 aromatic rings. The summed E-state index contributed by atoms with van der Waals surface area (Å²) in [6.45, 7) is 0. The van der Waals surface area contributed by atoms with Crippen LogP contribution in [0.1, 0.15) is 40.7 Å². The van der Waals surface area contributed by atoms with Crippen LogP contribution >= 0.6 is 11.3 Å². The van der Waals surface area contributed by atoms with Gasteiger partial charge in [-0.1, -0.05) is 24.3 Å². The number of imide groups is 1. The van der Waals surface area contributed by atoms with Crippen LogP contribution in [0.15, 0.2) is 66.0 Å². The Morgan fingerprint density at radius 3 is 2.18 bits per heavy atom. The first-order valence-electron chi connectivity index (χ1n) is 8.28. The highest BCUT2D eigenvalue weighted by atomic mass is 32.1. The van der Waals surface area contributed by atoms with E-state index in [0.29, 0.717) is 15.6 Å². The van der Waals surface area contributed by atoms with Gasteiger partial charge >= 0.3 is 0 Å². The second-order valence-corrected chi connectivity index (χ2v) is 6.89. The summed E-state index contributed by atoms with van der Waals surface area (Å²) < 4.78 is 0. The average molecular weight is 391 g/mol. The number of hydrazine groups is 1. The Morgan fingerprint density at radius 1 is 0.821 bits per heavy atom. The highest BCUT2D eigenvalue weighted by Crippen LogP contribution is 2.21. The van der Waals surface area contributed by atoms with Crippen molar-refractivity contribution in [3.63, 3.8) is 0 Å². The molecule has 4 amide bonds. The van der Waals surface area contributed by atoms with Crippen LogP contribution in [0.5, 0.6) is 0 Å². The average Bonchev–Trinajstić information content (AvgIpc) is 3.33. The third-order valence-electron chi connectivity index (χ3n) is 4.14. The first-order chi connectivity index (χ1) is 13.5. The van der Waals surface area contributed by atoms with E-state index in [1.807, 2.05) is 0 Å². The zero-order chi connectivity index (χ0) is 19.7. The van der Waals surface area contributed by atoms with Crippen molar-refractivity contribution in [1.82, 2.24) is 10.4 Å². The second kappa shape index (κ2) is 7.09. The van der Waals surface area contributed by atoms with E-state index < -0.39 is 17.7 Å². The van der Waals surface area contributed by atoms with Crippen LogP contribution in [0.3, 0.4) is 0 Å². The molecule has 0 unspecified atom stereocenters. The summed E-state index contributed by atoms with van der Waals surface area (Å²) >= 11 is 1.30. The van der Waals surface area contributed by atoms with Crippen LogP contribution in [0.4, 0.5) is 5.69 Å². The highest BCUT2D eigenvalue weighted by Gasteiger charge is 2.36. The molecule has 0 fully saturated rings. The van der Waals surface area contributed by atoms with Crippen molar-refractivity contribution in [1.29, 1.82) is 0 Å². The smallest absolute Gasteiger partial charge is 0.280 e. The van der Waals surface area contributed by atoms with Gasteiger partial charge in [-0.25, -0.2) is 0 Å². The van der Waals surface area contributed by atoms with Crippen LogP contribution < -0.4 is 10.7 Å². The molecule has 1 aromatic heterocycles. The Hall–Kier alpha value is -3.78. The molecule has 0 radical (unpaired) electrons. The molecule has 1 aliphatic rings. The second-order valence-electron chi connectivity index (χ2n) is 5.94. The van der Waals surface area contributed by atoms with Crippen LogP contribution in [0.2, 0.25) is 0 Å². The summed E-state index contributed by atoms with van der Waals surface area (Å²) in [5, 5.41) is 5.20. The molecule has 2 N–H and O–H groups in total. The summed E-state index contributed by atoms with van der Waals surface area (Å²) in [4.78, 5) is 49.9. The van der Waals surface area contributed by atoms with Gasteiger partial charge in [0.05, 0.1) is 16.0 Å². The van der Waals surface area contributed by atoms with E-state index in [2.05, 4.69) is 10.7 Å². The number of carbonyl (C=O) groups excluding carboxylic acids is 4. The maximum Gasteiger partial charge on any atom is 0.280 e. The first-order valence-corrected chi connectivity index (χ1v) is 9.16. The van der Waals surface area contributed by atoms with E-state index in [1.165, 1.54) is 35.6 Å². The van der Waals surface area contributed by atoms with Gasteiger partial charge in [0, 0.05) is 11.3 Å². The largest absolute Gasteiger partial charge is 0.321 e. The van der Waals surface area contributed by atoms with Crippen molar-refractivity contribution in [3.8, 4) is 0 Å². The van der Waals surface area contributed by atoms with Crippen LogP contribution in [0.25, 0.3) is 0 Å². The van der Waals surface area contributed by atoms with Crippen molar-refractivity contribution < 1.29 is 19.2 Å². The lowest BCUT2D eigenvalue weighted by atomic mass is 10.1. The molecule has 2 heterocycles. The number of amides is 4. The molecule has 8 heteroatoms. The Kier molecular flexibility index (Phi) is 4.46. The molecular weight excluding hydrogens is 378 g/mol. The summed E-state index contributed by atoms with van der Waals surface area (Å²) in [5.74, 6) is -2.10. The molecule has 4 rings (SSSR count). The normalized spacial score (nSPS) is 12.6. The monoisotopic (exact) mass is 391 g/mol. The standard InChI is InChI=1S/C20H13N3O4S/c24-17(22-23-19(26)14-7-1-2-8-15(14)20(23)27)12-5-3-6-13(11-12)21-18(25)16-9-4-10-28-16/h1-11H,(H,21,25)(H,22,24). The number of nitrogens with one attached hydrogen (secondary N) is 2. The van der Waals surface area contributed by atoms with Gasteiger partial charge in [0.15, 0.2) is 0 Å². The predicted octanol–water partition coefficient (Wildman–Crippen LogP) is 2.94. The minimum absolute atomic E-state index is 0.195. The number of fused-ring (bicyclic) bond motifs is 1. The van der Waals surface area contributed by atoms with E-state index >= 15 is 0 Å². The summed E-state index contributed by atoms with van der Waals surface area (Å²) in [6, 6.07) is 16.1. The number of carbonyl (C=O) groups is 4. The molecular formula is C20H13N3O4S. The van der Waals surface area contributed by atoms with Gasteiger partial charge in [-0.15, -0.1) is 11.3 Å². The number of thiophene rings is 1. The molecule has 7 nitrogen and oxygen atoms in total. The molecule has 1 aliphatic heterocycles. The van der Waals surface area contributed by atoms with Crippen molar-refractivity contribution in [2.45, 2.75) is 0 Å². The lowest BCUT2D eigenvalue weighted by Gasteiger charge is -2.15. The van der Waals surface area contributed by atoms with Gasteiger partial charge < -0.3 is 5.32 Å². The number of anilines is 1. The van der Waals surface area contributed by atoms with Crippen LogP contribution in [-0.2, 0) is 0 Å². The van der Waals surface area contributed by atoms with E-state index in [-0.39, 0.29) is 22.6 Å². The van der Waals surface area contributed by atoms with Crippen molar-refractivity contribution in [2.24, 2.45) is 0 Å². The first kappa shape index (κ1) is 17.6. The highest BCUT2D eigenvalue weighted by molar-refractivity contribution is 7.12. The molecule has 28 heavy (non-hydrogen) atoms. The van der Waals surface area contributed by atoms with Gasteiger partial charge in [0.2, 0.25) is 0 Å². The lowest BCUT2D eigenvalue weighted by Crippen LogP contribution is -2.45. The number of hydrogen-bond donors (Lipinski definition) is 2. The quantitative estimate of drug-likeness (QED) is 0.669. The molecule has 2 aromatic carbocycles. The summed E-state index contributed by atoms with van der Waals surface area (Å²) in [6.07, 6.45) is 0. The molecule has 0 aliphatic carbocycles. The number of hydrogen-bond acceptors (Lipinski definition) is 5. The molecule has 0 spiro atoms. The molecule has 0 saturated heterocycles. The van der Waals surface area contributed by atoms with Crippen LogP contribution in [0, 0.1) is 0 Å². The van der Waals surface area contributed by atoms with Crippen molar-refractivity contribution >= 4 is 40.7 Å². The summed E-state index contributed by atoms with van der Waals surface area (Å²) in [5.41, 5.74) is 3.43. The summed E-state index contributed by atoms with van der Waals surface area (Å²) in [7, 11) is 0. The van der Waals surface area contributed by atoms with Gasteiger partial charge in [-0.3, -0.25) is 24.6 Å². The number of nitrogens with zero attached hydrogens (tertiary/aromatic N) is 1. The minimum Gasteiger partial charge on any atom is -0.321 e. The van der Waals surface area contributed by atoms with Gasteiger partial charge in [0.25, 0.3) is 23.6 Å². The van der Waals surface area contributed by atoms with Gasteiger partial charge in [-0.05, 0) is 41.8 Å². The fourth-order valence-electron chi connectivity index (χ4n) is 2.80. The van der Waals surface area contributed by atoms with E-state index in [0.717, 1.165) is 0 Å². The lowest BCUT2D eigenvalue weighted by molar-refractivity contribution is 0.0518. The molecule has 0 saturated carbocycles. The van der Waals surface area contributed by atoms with E-state index in [1.54, 1.807) is 41.8 Å². The molecule has 138 valence electrons. The third kappa shape index (κ3) is 3.17. The van der Waals surface area contributed by atoms with Crippen LogP contribution in [-0.4, -0.2) is 28.6 Å².